The molecule has 2 aromatic rings. The number of rotatable bonds is 2. The van der Waals surface area contributed by atoms with Crippen LogP contribution in [0.15, 0.2) is 23.0 Å². The van der Waals surface area contributed by atoms with E-state index in [0.717, 1.165) is 16.8 Å². The predicted octanol–water partition coefficient (Wildman–Crippen LogP) is 1.60. The first kappa shape index (κ1) is 12.3. The number of benzene rings is 1. The Kier molecular flexibility index (Phi) is 2.94. The molecule has 4 nitrogen and oxygen atoms in total. The van der Waals surface area contributed by atoms with Crippen LogP contribution in [0.4, 0.5) is 14.5 Å². The van der Waals surface area contributed by atoms with Crippen molar-refractivity contribution in [1.29, 1.82) is 0 Å². The highest BCUT2D eigenvalue weighted by molar-refractivity contribution is 5.45. The van der Waals surface area contributed by atoms with Gasteiger partial charge in [0.2, 0.25) is 0 Å². The summed E-state index contributed by atoms with van der Waals surface area (Å²) in [6, 6.07) is 3.04. The zero-order chi connectivity index (χ0) is 13.4. The lowest BCUT2D eigenvalue weighted by Crippen LogP contribution is -2.21. The van der Waals surface area contributed by atoms with Gasteiger partial charge in [0.1, 0.15) is 17.2 Å². The highest BCUT2D eigenvalue weighted by Crippen LogP contribution is 2.16. The third-order valence-electron chi connectivity index (χ3n) is 2.90. The van der Waals surface area contributed by atoms with Gasteiger partial charge >= 0.3 is 0 Å². The number of nitrogens with zero attached hydrogens (tertiary/aromatic N) is 2. The molecule has 18 heavy (non-hydrogen) atoms. The normalized spacial score (nSPS) is 10.9. The lowest BCUT2D eigenvalue weighted by atomic mass is 10.3. The first-order valence-corrected chi connectivity index (χ1v) is 5.49. The van der Waals surface area contributed by atoms with Gasteiger partial charge in [-0.2, -0.15) is 0 Å². The van der Waals surface area contributed by atoms with Crippen LogP contribution in [0.3, 0.4) is 0 Å². The minimum atomic E-state index is -0.805. The highest BCUT2D eigenvalue weighted by Gasteiger charge is 2.17. The molecule has 0 unspecified atom stereocenters. The zero-order valence-electron chi connectivity index (χ0n) is 10.1. The van der Waals surface area contributed by atoms with Crippen molar-refractivity contribution in [2.45, 2.75) is 13.3 Å². The molecule has 0 bridgehead atoms. The first-order valence-electron chi connectivity index (χ1n) is 5.49. The van der Waals surface area contributed by atoms with Crippen molar-refractivity contribution in [2.24, 2.45) is 7.05 Å². The van der Waals surface area contributed by atoms with E-state index in [4.69, 9.17) is 5.73 Å². The van der Waals surface area contributed by atoms with E-state index in [1.807, 2.05) is 6.92 Å². The molecule has 1 aromatic carbocycles. The molecule has 0 saturated carbocycles. The molecule has 96 valence electrons. The molecule has 1 aromatic heterocycles. The molecule has 0 fully saturated rings. The third kappa shape index (κ3) is 1.70. The van der Waals surface area contributed by atoms with Crippen molar-refractivity contribution < 1.29 is 8.78 Å². The van der Waals surface area contributed by atoms with Gasteiger partial charge in [-0.15, -0.1) is 0 Å². The maximum Gasteiger partial charge on any atom is 0.294 e. The van der Waals surface area contributed by atoms with Crippen LogP contribution in [-0.2, 0) is 13.5 Å². The summed E-state index contributed by atoms with van der Waals surface area (Å²) in [4.78, 5) is 12.0. The molecule has 0 aliphatic rings. The van der Waals surface area contributed by atoms with Gasteiger partial charge in [-0.25, -0.2) is 13.5 Å². The second kappa shape index (κ2) is 4.29. The molecular formula is C12H13F2N3O. The van der Waals surface area contributed by atoms with Crippen molar-refractivity contribution in [3.8, 4) is 5.69 Å². The molecule has 0 amide bonds. The molecule has 0 atom stereocenters. The van der Waals surface area contributed by atoms with Gasteiger partial charge in [-0.3, -0.25) is 9.48 Å². The van der Waals surface area contributed by atoms with Crippen molar-refractivity contribution in [3.05, 3.63) is 45.9 Å². The van der Waals surface area contributed by atoms with Crippen LogP contribution < -0.4 is 11.3 Å². The van der Waals surface area contributed by atoms with Crippen LogP contribution in [0.2, 0.25) is 0 Å². The van der Waals surface area contributed by atoms with Crippen LogP contribution in [0.25, 0.3) is 5.69 Å². The molecule has 0 radical (unpaired) electrons. The second-order valence-corrected chi connectivity index (χ2v) is 3.95. The lowest BCUT2D eigenvalue weighted by molar-refractivity contribution is 0.548. The largest absolute Gasteiger partial charge is 0.393 e. The average Bonchev–Trinajstić information content (AvgIpc) is 2.52. The summed E-state index contributed by atoms with van der Waals surface area (Å²) in [7, 11) is 1.61. The Hall–Kier alpha value is -2.11. The monoisotopic (exact) mass is 253 g/mol. The van der Waals surface area contributed by atoms with Crippen molar-refractivity contribution in [1.82, 2.24) is 9.36 Å². The van der Waals surface area contributed by atoms with Gasteiger partial charge in [-0.1, -0.05) is 6.92 Å². The Balaban J connectivity index is 2.76. The number of anilines is 1. The Morgan fingerprint density at radius 1 is 1.33 bits per heavy atom. The van der Waals surface area contributed by atoms with Gasteiger partial charge < -0.3 is 5.73 Å². The van der Waals surface area contributed by atoms with E-state index in [1.54, 1.807) is 7.05 Å². The van der Waals surface area contributed by atoms with E-state index < -0.39 is 17.2 Å². The number of hydrogen-bond donors (Lipinski definition) is 1. The van der Waals surface area contributed by atoms with Crippen LogP contribution >= 0.6 is 0 Å². The molecule has 0 saturated heterocycles. The van der Waals surface area contributed by atoms with Gasteiger partial charge in [0.05, 0.1) is 5.69 Å². The number of aromatic nitrogens is 2. The smallest absolute Gasteiger partial charge is 0.294 e. The van der Waals surface area contributed by atoms with Crippen molar-refractivity contribution >= 4 is 5.69 Å². The quantitative estimate of drug-likeness (QED) is 0.883. The van der Waals surface area contributed by atoms with Crippen LogP contribution in [0.5, 0.6) is 0 Å². The van der Waals surface area contributed by atoms with E-state index in [9.17, 15) is 13.6 Å². The zero-order valence-corrected chi connectivity index (χ0v) is 10.1. The fourth-order valence-electron chi connectivity index (χ4n) is 2.01. The molecule has 0 aliphatic carbocycles. The molecule has 2 rings (SSSR count). The molecule has 1 heterocycles. The van der Waals surface area contributed by atoms with Gasteiger partial charge in [0, 0.05) is 13.1 Å². The summed E-state index contributed by atoms with van der Waals surface area (Å²) < 4.78 is 29.1. The van der Waals surface area contributed by atoms with Crippen molar-refractivity contribution in [2.75, 3.05) is 5.73 Å². The summed E-state index contributed by atoms with van der Waals surface area (Å²) in [6.45, 7) is 1.84. The Morgan fingerprint density at radius 2 is 2.00 bits per heavy atom. The van der Waals surface area contributed by atoms with Gasteiger partial charge in [0.25, 0.3) is 5.56 Å². The minimum absolute atomic E-state index is 0.0182. The Labute approximate surface area is 102 Å². The topological polar surface area (TPSA) is 53.0 Å². The van der Waals surface area contributed by atoms with E-state index in [-0.39, 0.29) is 11.4 Å². The fourth-order valence-corrected chi connectivity index (χ4v) is 2.01. The maximum atomic E-state index is 13.7. The summed E-state index contributed by atoms with van der Waals surface area (Å²) in [5.74, 6) is -1.50. The number of nitrogen functional groups attached to an aromatic ring is 1. The third-order valence-corrected chi connectivity index (χ3v) is 2.90. The average molecular weight is 253 g/mol. The van der Waals surface area contributed by atoms with Crippen LogP contribution in [0.1, 0.15) is 12.6 Å². The van der Waals surface area contributed by atoms with Crippen molar-refractivity contribution in [3.63, 3.8) is 0 Å². The Bertz CT molecular complexity index is 658. The van der Waals surface area contributed by atoms with Crippen LogP contribution in [0, 0.1) is 11.6 Å². The maximum absolute atomic E-state index is 13.7. The molecule has 0 spiro atoms. The van der Waals surface area contributed by atoms with E-state index in [1.165, 1.54) is 10.7 Å². The fraction of sp³-hybridized carbons (Fsp3) is 0.250. The molecule has 2 N–H and O–H groups in total. The summed E-state index contributed by atoms with van der Waals surface area (Å²) >= 11 is 0. The Morgan fingerprint density at radius 3 is 2.50 bits per heavy atom. The predicted molar refractivity (Wildman–Crippen MR) is 64.7 cm³/mol. The first-order chi connectivity index (χ1) is 8.47. The summed E-state index contributed by atoms with van der Waals surface area (Å²) in [6.07, 6.45) is 0.549. The van der Waals surface area contributed by atoms with E-state index >= 15 is 0 Å². The highest BCUT2D eigenvalue weighted by atomic mass is 19.1. The summed E-state index contributed by atoms with van der Waals surface area (Å²) in [5.41, 5.74) is 5.86. The molecular weight excluding hydrogens is 240 g/mol. The lowest BCUT2D eigenvalue weighted by Gasteiger charge is -2.09. The van der Waals surface area contributed by atoms with Crippen LogP contribution in [-0.4, -0.2) is 9.36 Å². The molecule has 0 aliphatic heterocycles. The van der Waals surface area contributed by atoms with Gasteiger partial charge in [-0.05, 0) is 18.6 Å². The number of hydrogen-bond acceptors (Lipinski definition) is 2. The molecule has 6 heteroatoms. The second-order valence-electron chi connectivity index (χ2n) is 3.95. The number of nitrogens with two attached hydrogens (primary N) is 1. The van der Waals surface area contributed by atoms with E-state index in [0.29, 0.717) is 12.1 Å². The number of halogens is 2. The van der Waals surface area contributed by atoms with Gasteiger partial charge in [0.15, 0.2) is 5.82 Å². The minimum Gasteiger partial charge on any atom is -0.393 e. The standard InChI is InChI=1S/C12H13F2N3O/c1-3-9-11(15)12(18)17(16(9)2)10-5-4-7(13)6-8(10)14/h4-6H,3,15H2,1-2H3. The van der Waals surface area contributed by atoms with E-state index in [2.05, 4.69) is 0 Å². The SMILES string of the molecule is CCc1c(N)c(=O)n(-c2ccc(F)cc2F)n1C. The summed E-state index contributed by atoms with van der Waals surface area (Å²) in [5, 5.41) is 0.